The lowest BCUT2D eigenvalue weighted by Crippen LogP contribution is -2.50. The maximum atomic E-state index is 11.7. The standard InChI is InChI=1S/C26H28N6O3/c1-3-24(33)31-14-20(15-31)32-13-19(12-28-32)18-10-17(2)25-22(11-18)29-26-21(16-35-25)23(4-5-27-26)30-6-8-34-9-7-30/h3-5,10-13,20H,1,6-9,14-16H2,2H3,(H,27,29). The Hall–Kier alpha value is -3.85. The molecule has 2 aromatic heterocycles. The van der Waals surface area contributed by atoms with Crippen molar-refractivity contribution in [3.05, 3.63) is 60.6 Å². The molecule has 0 atom stereocenters. The lowest BCUT2D eigenvalue weighted by atomic mass is 10.0. The highest BCUT2D eigenvalue weighted by molar-refractivity contribution is 5.87. The molecule has 35 heavy (non-hydrogen) atoms. The normalized spacial score (nSPS) is 17.4. The molecule has 1 amide bonds. The van der Waals surface area contributed by atoms with Crippen LogP contribution in [0.4, 0.5) is 17.2 Å². The first-order chi connectivity index (χ1) is 17.1. The average molecular weight is 473 g/mol. The summed E-state index contributed by atoms with van der Waals surface area (Å²) in [6.45, 7) is 10.5. The largest absolute Gasteiger partial charge is 0.486 e. The molecular weight excluding hydrogens is 444 g/mol. The fraction of sp³-hybridized carbons (Fsp3) is 0.346. The molecule has 1 aromatic carbocycles. The van der Waals surface area contributed by atoms with E-state index >= 15 is 0 Å². The van der Waals surface area contributed by atoms with E-state index in [4.69, 9.17) is 9.47 Å². The predicted molar refractivity (Wildman–Crippen MR) is 133 cm³/mol. The van der Waals surface area contributed by atoms with Crippen molar-refractivity contribution >= 4 is 23.1 Å². The van der Waals surface area contributed by atoms with Gasteiger partial charge in [0, 0.05) is 49.8 Å². The third-order valence-corrected chi connectivity index (χ3v) is 6.93. The summed E-state index contributed by atoms with van der Waals surface area (Å²) in [7, 11) is 0. The molecule has 0 radical (unpaired) electrons. The number of aryl methyl sites for hydroxylation is 1. The fourth-order valence-corrected chi connectivity index (χ4v) is 4.95. The molecule has 5 heterocycles. The van der Waals surface area contributed by atoms with Crippen LogP contribution in [0, 0.1) is 6.92 Å². The zero-order valence-corrected chi connectivity index (χ0v) is 19.7. The van der Waals surface area contributed by atoms with Crippen LogP contribution in [0.3, 0.4) is 0 Å². The number of hydrogen-bond donors (Lipinski definition) is 1. The Balaban J connectivity index is 1.27. The monoisotopic (exact) mass is 472 g/mol. The van der Waals surface area contributed by atoms with Crippen molar-refractivity contribution in [2.24, 2.45) is 0 Å². The number of anilines is 3. The number of likely N-dealkylation sites (tertiary alicyclic amines) is 1. The summed E-state index contributed by atoms with van der Waals surface area (Å²) in [5.74, 6) is 1.62. The van der Waals surface area contributed by atoms with Crippen molar-refractivity contribution in [2.75, 3.05) is 49.6 Å². The minimum absolute atomic E-state index is 0.0354. The first kappa shape index (κ1) is 21.7. The van der Waals surface area contributed by atoms with Crippen molar-refractivity contribution in [1.29, 1.82) is 0 Å². The average Bonchev–Trinajstić information content (AvgIpc) is 3.24. The van der Waals surface area contributed by atoms with Crippen LogP contribution >= 0.6 is 0 Å². The van der Waals surface area contributed by atoms with Gasteiger partial charge in [0.25, 0.3) is 0 Å². The molecule has 9 heteroatoms. The van der Waals surface area contributed by atoms with Gasteiger partial charge in [0.15, 0.2) is 0 Å². The van der Waals surface area contributed by atoms with Crippen molar-refractivity contribution in [3.63, 3.8) is 0 Å². The van der Waals surface area contributed by atoms with E-state index in [1.165, 1.54) is 6.08 Å². The Labute approximate surface area is 204 Å². The Morgan fingerprint density at radius 2 is 2.06 bits per heavy atom. The molecule has 2 fully saturated rings. The van der Waals surface area contributed by atoms with Crippen molar-refractivity contribution in [2.45, 2.75) is 19.6 Å². The lowest BCUT2D eigenvalue weighted by Gasteiger charge is -2.38. The van der Waals surface area contributed by atoms with Gasteiger partial charge in [-0.2, -0.15) is 5.10 Å². The Kier molecular flexibility index (Phi) is 5.41. The van der Waals surface area contributed by atoms with Crippen molar-refractivity contribution < 1.29 is 14.3 Å². The highest BCUT2D eigenvalue weighted by Gasteiger charge is 2.31. The summed E-state index contributed by atoms with van der Waals surface area (Å²) in [5, 5.41) is 8.10. The Morgan fingerprint density at radius 3 is 2.86 bits per heavy atom. The second-order valence-electron chi connectivity index (χ2n) is 9.15. The number of amides is 1. The number of hydrogen-bond acceptors (Lipinski definition) is 7. The molecule has 9 nitrogen and oxygen atoms in total. The minimum atomic E-state index is -0.0354. The highest BCUT2D eigenvalue weighted by Crippen LogP contribution is 2.41. The van der Waals surface area contributed by atoms with E-state index in [-0.39, 0.29) is 11.9 Å². The van der Waals surface area contributed by atoms with E-state index in [1.54, 1.807) is 4.90 Å². The van der Waals surface area contributed by atoms with Crippen LogP contribution in [0.15, 0.2) is 49.4 Å². The van der Waals surface area contributed by atoms with Crippen molar-refractivity contribution in [1.82, 2.24) is 19.7 Å². The van der Waals surface area contributed by atoms with Gasteiger partial charge in [0.2, 0.25) is 5.91 Å². The van der Waals surface area contributed by atoms with Crippen LogP contribution in [-0.4, -0.2) is 65.0 Å². The Bertz CT molecular complexity index is 1290. The summed E-state index contributed by atoms with van der Waals surface area (Å²) in [4.78, 5) is 20.5. The van der Waals surface area contributed by atoms with E-state index in [9.17, 15) is 4.79 Å². The first-order valence-corrected chi connectivity index (χ1v) is 11.9. The van der Waals surface area contributed by atoms with Crippen LogP contribution in [0.25, 0.3) is 11.1 Å². The summed E-state index contributed by atoms with van der Waals surface area (Å²) in [5.41, 5.74) is 6.21. The van der Waals surface area contributed by atoms with E-state index < -0.39 is 0 Å². The number of rotatable bonds is 4. The molecule has 3 aliphatic rings. The molecule has 3 aromatic rings. The molecule has 0 unspecified atom stereocenters. The number of fused-ring (bicyclic) bond motifs is 2. The van der Waals surface area contributed by atoms with Gasteiger partial charge < -0.3 is 24.6 Å². The van der Waals surface area contributed by atoms with Crippen LogP contribution < -0.4 is 15.0 Å². The number of pyridine rings is 1. The van der Waals surface area contributed by atoms with E-state index in [0.29, 0.717) is 19.7 Å². The molecule has 2 saturated heterocycles. The number of aromatic nitrogens is 3. The molecule has 180 valence electrons. The van der Waals surface area contributed by atoms with Gasteiger partial charge in [0.05, 0.1) is 36.7 Å². The topological polar surface area (TPSA) is 84.8 Å². The summed E-state index contributed by atoms with van der Waals surface area (Å²) < 4.78 is 13.8. The van der Waals surface area contributed by atoms with Gasteiger partial charge in [-0.1, -0.05) is 6.58 Å². The van der Waals surface area contributed by atoms with Crippen LogP contribution in [0.5, 0.6) is 5.75 Å². The van der Waals surface area contributed by atoms with Crippen molar-refractivity contribution in [3.8, 4) is 16.9 Å². The molecule has 0 aliphatic carbocycles. The molecule has 6 rings (SSSR count). The zero-order valence-electron chi connectivity index (χ0n) is 19.7. The summed E-state index contributed by atoms with van der Waals surface area (Å²) in [6, 6.07) is 6.46. The third kappa shape index (κ3) is 3.91. The maximum Gasteiger partial charge on any atom is 0.246 e. The lowest BCUT2D eigenvalue weighted by molar-refractivity contribution is -0.131. The molecule has 3 aliphatic heterocycles. The van der Waals surface area contributed by atoms with E-state index in [1.807, 2.05) is 23.3 Å². The maximum absolute atomic E-state index is 11.7. The number of morpholine rings is 1. The van der Waals surface area contributed by atoms with Crippen LogP contribution in [0.2, 0.25) is 0 Å². The van der Waals surface area contributed by atoms with Gasteiger partial charge in [0.1, 0.15) is 18.2 Å². The van der Waals surface area contributed by atoms with Gasteiger partial charge in [-0.05, 0) is 42.3 Å². The number of ether oxygens (including phenoxy) is 2. The number of carbonyl (C=O) groups is 1. The van der Waals surface area contributed by atoms with Gasteiger partial charge in [-0.3, -0.25) is 9.48 Å². The Morgan fingerprint density at radius 1 is 1.23 bits per heavy atom. The SMILES string of the molecule is C=CC(=O)N1CC(n2cc(-c3cc(C)c4c(c3)Nc3nccc(N5CCOCC5)c3CO4)cn2)C1. The second-order valence-corrected chi connectivity index (χ2v) is 9.15. The summed E-state index contributed by atoms with van der Waals surface area (Å²) in [6.07, 6.45) is 7.12. The molecular formula is C26H28N6O3. The quantitative estimate of drug-likeness (QED) is 0.583. The zero-order chi connectivity index (χ0) is 23.9. The van der Waals surface area contributed by atoms with Crippen LogP contribution in [0.1, 0.15) is 17.2 Å². The molecule has 0 saturated carbocycles. The van der Waals surface area contributed by atoms with Crippen LogP contribution in [-0.2, 0) is 16.1 Å². The van der Waals surface area contributed by atoms with Gasteiger partial charge in [-0.15, -0.1) is 0 Å². The van der Waals surface area contributed by atoms with E-state index in [0.717, 1.165) is 71.5 Å². The second kappa shape index (κ2) is 8.74. The number of nitrogens with one attached hydrogen (secondary N) is 1. The van der Waals surface area contributed by atoms with Gasteiger partial charge >= 0.3 is 0 Å². The predicted octanol–water partition coefficient (Wildman–Crippen LogP) is 3.30. The third-order valence-electron chi connectivity index (χ3n) is 6.93. The fourth-order valence-electron chi connectivity index (χ4n) is 4.95. The summed E-state index contributed by atoms with van der Waals surface area (Å²) >= 11 is 0. The van der Waals surface area contributed by atoms with E-state index in [2.05, 4.69) is 52.0 Å². The molecule has 0 bridgehead atoms. The highest BCUT2D eigenvalue weighted by atomic mass is 16.5. The van der Waals surface area contributed by atoms with Gasteiger partial charge in [-0.25, -0.2) is 4.98 Å². The first-order valence-electron chi connectivity index (χ1n) is 11.9. The number of nitrogens with zero attached hydrogens (tertiary/aromatic N) is 5. The number of carbonyl (C=O) groups excluding carboxylic acids is 1. The molecule has 0 spiro atoms. The number of benzene rings is 1. The molecule has 1 N–H and O–H groups in total. The minimum Gasteiger partial charge on any atom is -0.486 e. The smallest absolute Gasteiger partial charge is 0.246 e.